The predicted octanol–water partition coefficient (Wildman–Crippen LogP) is 4.92. The second kappa shape index (κ2) is 7.47. The molecule has 0 fully saturated rings. The molecule has 0 amide bonds. The molecule has 0 bridgehead atoms. The Morgan fingerprint density at radius 1 is 1.04 bits per heavy atom. The fourth-order valence-corrected chi connectivity index (χ4v) is 3.84. The first-order valence-corrected chi connectivity index (χ1v) is 9.91. The van der Waals surface area contributed by atoms with Gasteiger partial charge in [0.15, 0.2) is 0 Å². The van der Waals surface area contributed by atoms with Crippen LogP contribution >= 0.6 is 0 Å². The van der Waals surface area contributed by atoms with E-state index in [4.69, 9.17) is 5.10 Å². The largest absolute Gasteiger partial charge is 0.378 e. The number of nitrogens with one attached hydrogen (secondary N) is 1. The first-order chi connectivity index (χ1) is 13.2. The summed E-state index contributed by atoms with van der Waals surface area (Å²) in [6, 6.07) is 17.3. The number of nitrogens with zero attached hydrogens (tertiary/aromatic N) is 3. The molecule has 0 radical (unpaired) electrons. The van der Waals surface area contributed by atoms with Crippen molar-refractivity contribution in [3.8, 4) is 16.9 Å². The maximum atomic E-state index is 5.10. The van der Waals surface area contributed by atoms with Crippen LogP contribution in [0.5, 0.6) is 0 Å². The van der Waals surface area contributed by atoms with Crippen molar-refractivity contribution in [1.29, 1.82) is 0 Å². The number of benzene rings is 2. The number of hydrogen-bond acceptors (Lipinski definition) is 3. The van der Waals surface area contributed by atoms with E-state index in [2.05, 4.69) is 84.4 Å². The molecule has 0 saturated heterocycles. The third-order valence-corrected chi connectivity index (χ3v) is 5.39. The molecule has 1 aliphatic heterocycles. The van der Waals surface area contributed by atoms with Gasteiger partial charge in [0, 0.05) is 37.5 Å². The van der Waals surface area contributed by atoms with Gasteiger partial charge in [-0.1, -0.05) is 37.3 Å². The Balaban J connectivity index is 1.87. The summed E-state index contributed by atoms with van der Waals surface area (Å²) in [5, 5.41) is 8.75. The topological polar surface area (TPSA) is 33.1 Å². The molecule has 1 aromatic heterocycles. The van der Waals surface area contributed by atoms with Crippen LogP contribution in [0.2, 0.25) is 0 Å². The maximum Gasteiger partial charge on any atom is 0.133 e. The van der Waals surface area contributed by atoms with Gasteiger partial charge in [-0.15, -0.1) is 0 Å². The zero-order valence-corrected chi connectivity index (χ0v) is 16.5. The van der Waals surface area contributed by atoms with Crippen LogP contribution in [0.25, 0.3) is 16.9 Å². The zero-order valence-electron chi connectivity index (χ0n) is 16.5. The first-order valence-electron chi connectivity index (χ1n) is 9.91. The molecule has 140 valence electrons. The minimum absolute atomic E-state index is 0.998. The van der Waals surface area contributed by atoms with E-state index in [0.717, 1.165) is 25.1 Å². The SMILES string of the molecule is CCc1ccccc1-n1nc(-c2ccc(N(C)C)cc2)c2c1NCCCC2. The van der Waals surface area contributed by atoms with Crippen LogP contribution in [-0.4, -0.2) is 30.4 Å². The van der Waals surface area contributed by atoms with Crippen LogP contribution in [-0.2, 0) is 12.8 Å². The molecule has 1 N–H and O–H groups in total. The Morgan fingerprint density at radius 3 is 2.56 bits per heavy atom. The quantitative estimate of drug-likeness (QED) is 0.717. The van der Waals surface area contributed by atoms with E-state index in [1.165, 1.54) is 46.7 Å². The lowest BCUT2D eigenvalue weighted by Crippen LogP contribution is -2.08. The van der Waals surface area contributed by atoms with Gasteiger partial charge in [-0.3, -0.25) is 0 Å². The third kappa shape index (κ3) is 3.32. The first kappa shape index (κ1) is 17.7. The number of fused-ring (bicyclic) bond motifs is 1. The molecule has 2 heterocycles. The molecule has 0 spiro atoms. The average molecular weight is 361 g/mol. The Bertz CT molecular complexity index is 922. The van der Waals surface area contributed by atoms with Crippen molar-refractivity contribution in [2.75, 3.05) is 30.9 Å². The normalized spacial score (nSPS) is 13.6. The number of anilines is 2. The van der Waals surface area contributed by atoms with Crippen molar-refractivity contribution in [2.45, 2.75) is 32.6 Å². The summed E-state index contributed by atoms with van der Waals surface area (Å²) in [6.45, 7) is 3.21. The molecule has 0 atom stereocenters. The summed E-state index contributed by atoms with van der Waals surface area (Å²) >= 11 is 0. The highest BCUT2D eigenvalue weighted by molar-refractivity contribution is 5.73. The smallest absolute Gasteiger partial charge is 0.133 e. The van der Waals surface area contributed by atoms with Crippen LogP contribution in [0.3, 0.4) is 0 Å². The van der Waals surface area contributed by atoms with Gasteiger partial charge in [-0.2, -0.15) is 5.10 Å². The van der Waals surface area contributed by atoms with E-state index in [0.29, 0.717) is 0 Å². The van der Waals surface area contributed by atoms with E-state index in [1.54, 1.807) is 0 Å². The maximum absolute atomic E-state index is 5.10. The summed E-state index contributed by atoms with van der Waals surface area (Å²) < 4.78 is 2.13. The van der Waals surface area contributed by atoms with Crippen LogP contribution < -0.4 is 10.2 Å². The molecule has 0 unspecified atom stereocenters. The van der Waals surface area contributed by atoms with Gasteiger partial charge in [-0.25, -0.2) is 4.68 Å². The summed E-state index contributed by atoms with van der Waals surface area (Å²) in [7, 11) is 4.14. The van der Waals surface area contributed by atoms with Gasteiger partial charge in [-0.05, 0) is 49.4 Å². The van der Waals surface area contributed by atoms with Gasteiger partial charge >= 0.3 is 0 Å². The minimum Gasteiger partial charge on any atom is -0.378 e. The van der Waals surface area contributed by atoms with E-state index >= 15 is 0 Å². The summed E-state index contributed by atoms with van der Waals surface area (Å²) in [5.74, 6) is 1.17. The molecule has 4 heteroatoms. The van der Waals surface area contributed by atoms with E-state index < -0.39 is 0 Å². The van der Waals surface area contributed by atoms with Crippen LogP contribution in [0, 0.1) is 0 Å². The van der Waals surface area contributed by atoms with Gasteiger partial charge in [0.2, 0.25) is 0 Å². The standard InChI is InChI=1S/C23H28N4/c1-4-17-9-5-6-11-21(17)27-23-20(10-7-8-16-24-23)22(25-27)18-12-14-19(15-13-18)26(2)3/h5-6,9,11-15,24H,4,7-8,10,16H2,1-3H3. The van der Waals surface area contributed by atoms with Crippen LogP contribution in [0.1, 0.15) is 30.9 Å². The highest BCUT2D eigenvalue weighted by Crippen LogP contribution is 2.35. The monoisotopic (exact) mass is 360 g/mol. The van der Waals surface area contributed by atoms with Crippen molar-refractivity contribution >= 4 is 11.5 Å². The van der Waals surface area contributed by atoms with Crippen LogP contribution in [0.4, 0.5) is 11.5 Å². The highest BCUT2D eigenvalue weighted by atomic mass is 15.3. The van der Waals surface area contributed by atoms with Gasteiger partial charge in [0.05, 0.1) is 11.4 Å². The lowest BCUT2D eigenvalue weighted by atomic mass is 10.0. The Hall–Kier alpha value is -2.75. The Morgan fingerprint density at radius 2 is 1.81 bits per heavy atom. The van der Waals surface area contributed by atoms with E-state index in [-0.39, 0.29) is 0 Å². The predicted molar refractivity (Wildman–Crippen MR) is 114 cm³/mol. The lowest BCUT2D eigenvalue weighted by Gasteiger charge is -2.12. The van der Waals surface area contributed by atoms with E-state index in [9.17, 15) is 0 Å². The van der Waals surface area contributed by atoms with E-state index in [1.807, 2.05) is 0 Å². The lowest BCUT2D eigenvalue weighted by molar-refractivity contribution is 0.779. The van der Waals surface area contributed by atoms with Crippen molar-refractivity contribution in [2.24, 2.45) is 0 Å². The third-order valence-electron chi connectivity index (χ3n) is 5.39. The molecule has 4 nitrogen and oxygen atoms in total. The van der Waals surface area contributed by atoms with Crippen molar-refractivity contribution in [3.05, 3.63) is 59.7 Å². The van der Waals surface area contributed by atoms with Crippen molar-refractivity contribution in [1.82, 2.24) is 9.78 Å². The second-order valence-electron chi connectivity index (χ2n) is 7.40. The number of hydrogen-bond donors (Lipinski definition) is 1. The fourth-order valence-electron chi connectivity index (χ4n) is 3.84. The zero-order chi connectivity index (χ0) is 18.8. The fraction of sp³-hybridized carbons (Fsp3) is 0.348. The molecule has 27 heavy (non-hydrogen) atoms. The minimum atomic E-state index is 0.998. The number of aryl methyl sites for hydroxylation is 1. The molecular weight excluding hydrogens is 332 g/mol. The van der Waals surface area contributed by atoms with Crippen molar-refractivity contribution < 1.29 is 0 Å². The molecule has 3 aromatic rings. The Kier molecular flexibility index (Phi) is 4.88. The van der Waals surface area contributed by atoms with Gasteiger partial charge < -0.3 is 10.2 Å². The number of rotatable bonds is 4. The molecular formula is C23H28N4. The summed E-state index contributed by atoms with van der Waals surface area (Å²) in [4.78, 5) is 2.13. The molecule has 0 saturated carbocycles. The average Bonchev–Trinajstić information content (AvgIpc) is 2.88. The summed E-state index contributed by atoms with van der Waals surface area (Å²) in [6.07, 6.45) is 4.46. The number of para-hydroxylation sites is 1. The Labute approximate surface area is 161 Å². The van der Waals surface area contributed by atoms with Crippen molar-refractivity contribution in [3.63, 3.8) is 0 Å². The second-order valence-corrected chi connectivity index (χ2v) is 7.40. The molecule has 0 aliphatic carbocycles. The highest BCUT2D eigenvalue weighted by Gasteiger charge is 2.22. The van der Waals surface area contributed by atoms with Gasteiger partial charge in [0.1, 0.15) is 5.82 Å². The molecule has 1 aliphatic rings. The van der Waals surface area contributed by atoms with Crippen LogP contribution in [0.15, 0.2) is 48.5 Å². The van der Waals surface area contributed by atoms with Gasteiger partial charge in [0.25, 0.3) is 0 Å². The molecule has 2 aromatic carbocycles. The summed E-state index contributed by atoms with van der Waals surface area (Å²) in [5.41, 5.74) is 7.35. The number of aromatic nitrogens is 2. The molecule has 4 rings (SSSR count).